The first-order chi connectivity index (χ1) is 16.1. The molecule has 33 heavy (non-hydrogen) atoms. The lowest BCUT2D eigenvalue weighted by molar-refractivity contribution is 0.0622. The molecule has 1 saturated carbocycles. The van der Waals surface area contributed by atoms with Crippen molar-refractivity contribution in [2.45, 2.75) is 51.2 Å². The second-order valence-corrected chi connectivity index (χ2v) is 8.84. The number of benzene rings is 2. The van der Waals surface area contributed by atoms with Crippen molar-refractivity contribution in [3.8, 4) is 6.07 Å². The maximum Gasteiger partial charge on any atom is 0.270 e. The highest BCUT2D eigenvalue weighted by atomic mass is 16.3. The summed E-state index contributed by atoms with van der Waals surface area (Å²) in [5, 5.41) is 14.8. The first-order valence-electron chi connectivity index (χ1n) is 11.7. The van der Waals surface area contributed by atoms with Crippen LogP contribution in [0.25, 0.3) is 21.9 Å². The van der Waals surface area contributed by atoms with Gasteiger partial charge in [-0.15, -0.1) is 0 Å². The quantitative estimate of drug-likeness (QED) is 0.423. The van der Waals surface area contributed by atoms with E-state index in [1.165, 1.54) is 0 Å². The van der Waals surface area contributed by atoms with E-state index in [1.54, 1.807) is 6.07 Å². The number of para-hydroxylation sites is 1. The normalized spacial score (nSPS) is 18.4. The molecular weight excluding hydrogens is 412 g/mol. The second-order valence-electron chi connectivity index (χ2n) is 8.84. The molecule has 6 nitrogen and oxygen atoms in total. The van der Waals surface area contributed by atoms with E-state index in [0.29, 0.717) is 30.4 Å². The molecule has 1 aliphatic rings. The number of aromatic amines is 1. The lowest BCUT2D eigenvalue weighted by Crippen LogP contribution is -2.46. The molecule has 2 aromatic heterocycles. The molecular formula is C27H28N4O2. The zero-order valence-corrected chi connectivity index (χ0v) is 18.8. The predicted octanol–water partition coefficient (Wildman–Crippen LogP) is 5.35. The maximum atomic E-state index is 13.4. The first-order valence-corrected chi connectivity index (χ1v) is 11.7. The van der Waals surface area contributed by atoms with E-state index in [1.807, 2.05) is 48.2 Å². The van der Waals surface area contributed by atoms with Crippen molar-refractivity contribution in [2.75, 3.05) is 6.54 Å². The van der Waals surface area contributed by atoms with Gasteiger partial charge in [-0.25, -0.2) is 0 Å². The fourth-order valence-corrected chi connectivity index (χ4v) is 5.04. The van der Waals surface area contributed by atoms with Crippen LogP contribution in [0.3, 0.4) is 0 Å². The van der Waals surface area contributed by atoms with Crippen molar-refractivity contribution in [2.24, 2.45) is 0 Å². The Morgan fingerprint density at radius 3 is 2.88 bits per heavy atom. The van der Waals surface area contributed by atoms with Gasteiger partial charge in [-0.05, 0) is 69.0 Å². The summed E-state index contributed by atoms with van der Waals surface area (Å²) in [4.78, 5) is 18.6. The largest absolute Gasteiger partial charge is 0.460 e. The Bertz CT molecular complexity index is 1300. The van der Waals surface area contributed by atoms with Gasteiger partial charge in [0.15, 0.2) is 0 Å². The molecule has 1 fully saturated rings. The standard InChI is InChI=1S/C27H28N4O2/c1-2-31(27(32)25-14-20-12-18(16-28)10-11-24(20)30-25)22-8-5-7-21(15-22)29-17-23-13-19-6-3-4-9-26(19)33-23/h3-4,6,9-14,21-22,29-30H,2,5,7-8,15,17H2,1H3/t21-,22+/m1/s1. The Hall–Kier alpha value is -3.56. The third-order valence-electron chi connectivity index (χ3n) is 6.71. The summed E-state index contributed by atoms with van der Waals surface area (Å²) in [5.41, 5.74) is 2.97. The predicted molar refractivity (Wildman–Crippen MR) is 129 cm³/mol. The number of nitrogens with zero attached hydrogens (tertiary/aromatic N) is 2. The van der Waals surface area contributed by atoms with E-state index < -0.39 is 0 Å². The molecule has 0 aliphatic heterocycles. The van der Waals surface area contributed by atoms with E-state index in [9.17, 15) is 4.79 Å². The molecule has 2 aromatic carbocycles. The van der Waals surface area contributed by atoms with E-state index in [-0.39, 0.29) is 11.9 Å². The molecule has 6 heteroatoms. The number of carbonyl (C=O) groups excluding carboxylic acids is 1. The van der Waals surface area contributed by atoms with Gasteiger partial charge in [0, 0.05) is 34.9 Å². The number of amides is 1. The molecule has 2 heterocycles. The van der Waals surface area contributed by atoms with Crippen LogP contribution in [-0.4, -0.2) is 34.4 Å². The van der Waals surface area contributed by atoms with Crippen molar-refractivity contribution in [1.82, 2.24) is 15.2 Å². The molecule has 5 rings (SSSR count). The molecule has 0 unspecified atom stereocenters. The van der Waals surface area contributed by atoms with Crippen LogP contribution >= 0.6 is 0 Å². The number of aromatic nitrogens is 1. The van der Waals surface area contributed by atoms with Gasteiger partial charge in [0.25, 0.3) is 5.91 Å². The van der Waals surface area contributed by atoms with Crippen LogP contribution in [0.5, 0.6) is 0 Å². The van der Waals surface area contributed by atoms with Crippen molar-refractivity contribution in [1.29, 1.82) is 5.26 Å². The van der Waals surface area contributed by atoms with Gasteiger partial charge in [-0.1, -0.05) is 18.2 Å². The van der Waals surface area contributed by atoms with Crippen LogP contribution in [0, 0.1) is 11.3 Å². The van der Waals surface area contributed by atoms with Crippen molar-refractivity contribution < 1.29 is 9.21 Å². The minimum Gasteiger partial charge on any atom is -0.460 e. The lowest BCUT2D eigenvalue weighted by atomic mass is 9.89. The second kappa shape index (κ2) is 9.13. The van der Waals surface area contributed by atoms with E-state index >= 15 is 0 Å². The molecule has 2 N–H and O–H groups in total. The Balaban J connectivity index is 1.26. The molecule has 2 atom stereocenters. The molecule has 0 saturated heterocycles. The fraction of sp³-hybridized carbons (Fsp3) is 0.333. The summed E-state index contributed by atoms with van der Waals surface area (Å²) in [7, 11) is 0. The van der Waals surface area contributed by atoms with Gasteiger partial charge in [-0.2, -0.15) is 5.26 Å². The Morgan fingerprint density at radius 1 is 1.18 bits per heavy atom. The number of nitriles is 1. The zero-order valence-electron chi connectivity index (χ0n) is 18.8. The third-order valence-corrected chi connectivity index (χ3v) is 6.71. The highest BCUT2D eigenvalue weighted by Crippen LogP contribution is 2.26. The average Bonchev–Trinajstić information content (AvgIpc) is 3.46. The van der Waals surface area contributed by atoms with Crippen LogP contribution in [-0.2, 0) is 6.54 Å². The van der Waals surface area contributed by atoms with Gasteiger partial charge in [0.1, 0.15) is 17.0 Å². The van der Waals surface area contributed by atoms with Crippen molar-refractivity contribution >= 4 is 27.8 Å². The number of furan rings is 1. The zero-order chi connectivity index (χ0) is 22.8. The summed E-state index contributed by atoms with van der Waals surface area (Å²) in [6.07, 6.45) is 4.14. The number of hydrogen-bond donors (Lipinski definition) is 2. The van der Waals surface area contributed by atoms with Gasteiger partial charge in [0.05, 0.1) is 18.2 Å². The number of nitrogens with one attached hydrogen (secondary N) is 2. The third kappa shape index (κ3) is 4.37. The van der Waals surface area contributed by atoms with Crippen LogP contribution < -0.4 is 5.32 Å². The Kier molecular flexibility index (Phi) is 5.89. The van der Waals surface area contributed by atoms with Crippen LogP contribution in [0.15, 0.2) is 59.0 Å². The molecule has 0 radical (unpaired) electrons. The molecule has 0 bridgehead atoms. The van der Waals surface area contributed by atoms with Crippen LogP contribution in [0.4, 0.5) is 0 Å². The average molecular weight is 441 g/mol. The maximum absolute atomic E-state index is 13.4. The number of carbonyl (C=O) groups is 1. The SMILES string of the molecule is CCN(C(=O)c1cc2cc(C#N)ccc2[nH]1)[C@H]1CCC[C@@H](NCc2cc3ccccc3o2)C1. The van der Waals surface area contributed by atoms with E-state index in [0.717, 1.165) is 53.3 Å². The lowest BCUT2D eigenvalue weighted by Gasteiger charge is -2.37. The summed E-state index contributed by atoms with van der Waals surface area (Å²) in [6, 6.07) is 20.2. The Morgan fingerprint density at radius 2 is 2.06 bits per heavy atom. The minimum atomic E-state index is 0.0233. The number of H-pyrrole nitrogens is 1. The van der Waals surface area contributed by atoms with Crippen LogP contribution in [0.1, 0.15) is 54.4 Å². The van der Waals surface area contributed by atoms with E-state index in [4.69, 9.17) is 9.68 Å². The minimum absolute atomic E-state index is 0.0233. The topological polar surface area (TPSA) is 85.1 Å². The highest BCUT2D eigenvalue weighted by molar-refractivity contribution is 5.98. The van der Waals surface area contributed by atoms with Gasteiger partial charge >= 0.3 is 0 Å². The molecule has 168 valence electrons. The molecule has 4 aromatic rings. The van der Waals surface area contributed by atoms with Gasteiger partial charge in [-0.3, -0.25) is 4.79 Å². The number of fused-ring (bicyclic) bond motifs is 2. The summed E-state index contributed by atoms with van der Waals surface area (Å²) in [5.74, 6) is 0.965. The summed E-state index contributed by atoms with van der Waals surface area (Å²) >= 11 is 0. The van der Waals surface area contributed by atoms with Crippen molar-refractivity contribution in [3.05, 3.63) is 71.6 Å². The van der Waals surface area contributed by atoms with E-state index in [2.05, 4.69) is 28.5 Å². The highest BCUT2D eigenvalue weighted by Gasteiger charge is 2.30. The molecule has 1 aliphatic carbocycles. The van der Waals surface area contributed by atoms with Crippen molar-refractivity contribution in [3.63, 3.8) is 0 Å². The number of hydrogen-bond acceptors (Lipinski definition) is 4. The smallest absolute Gasteiger partial charge is 0.270 e. The van der Waals surface area contributed by atoms with Crippen LogP contribution in [0.2, 0.25) is 0 Å². The number of rotatable bonds is 6. The summed E-state index contributed by atoms with van der Waals surface area (Å²) < 4.78 is 5.94. The van der Waals surface area contributed by atoms with Gasteiger partial charge < -0.3 is 19.6 Å². The molecule has 1 amide bonds. The van der Waals surface area contributed by atoms with Gasteiger partial charge in [0.2, 0.25) is 0 Å². The summed E-state index contributed by atoms with van der Waals surface area (Å²) in [6.45, 7) is 3.40. The monoisotopic (exact) mass is 440 g/mol. The fourth-order valence-electron chi connectivity index (χ4n) is 5.04. The molecule has 0 spiro atoms. The Labute approximate surface area is 193 Å². The first kappa shape index (κ1) is 21.3.